The lowest BCUT2D eigenvalue weighted by Crippen LogP contribution is -2.42. The van der Waals surface area contributed by atoms with Crippen LogP contribution in [-0.4, -0.2) is 26.3 Å². The van der Waals surface area contributed by atoms with Crippen molar-refractivity contribution >= 4 is 22.4 Å². The van der Waals surface area contributed by atoms with Crippen LogP contribution in [0.25, 0.3) is 5.69 Å². The van der Waals surface area contributed by atoms with Crippen molar-refractivity contribution < 1.29 is 9.53 Å². The summed E-state index contributed by atoms with van der Waals surface area (Å²) in [6, 6.07) is 11.4. The normalized spacial score (nSPS) is 11.3. The predicted molar refractivity (Wildman–Crippen MR) is 93.8 cm³/mol. The van der Waals surface area contributed by atoms with Crippen molar-refractivity contribution in [2.45, 2.75) is 26.4 Å². The van der Waals surface area contributed by atoms with Crippen LogP contribution in [0.15, 0.2) is 48.8 Å². The standard InChI is InChI=1S/C17H18N4O2S/c1-12-11-18-16(24-12)19-15(22)17(2,3)23-14-9-10-21(20-14)13-7-5-4-6-8-13/h4-11H,1-3H3,(H,18,19,22). The summed E-state index contributed by atoms with van der Waals surface area (Å²) < 4.78 is 7.48. The Morgan fingerprint density at radius 1 is 1.25 bits per heavy atom. The molecule has 0 fully saturated rings. The molecule has 2 heterocycles. The maximum absolute atomic E-state index is 12.4. The minimum absolute atomic E-state index is 0.272. The molecular weight excluding hydrogens is 324 g/mol. The molecule has 0 saturated heterocycles. The first kappa shape index (κ1) is 16.2. The number of nitrogens with one attached hydrogen (secondary N) is 1. The number of hydrogen-bond acceptors (Lipinski definition) is 5. The van der Waals surface area contributed by atoms with E-state index >= 15 is 0 Å². The van der Waals surface area contributed by atoms with Gasteiger partial charge in [0.05, 0.1) is 5.69 Å². The lowest BCUT2D eigenvalue weighted by Gasteiger charge is -2.23. The van der Waals surface area contributed by atoms with Crippen LogP contribution in [0.3, 0.4) is 0 Å². The average Bonchev–Trinajstić information content (AvgIpc) is 3.17. The molecule has 2 aromatic heterocycles. The van der Waals surface area contributed by atoms with E-state index in [1.54, 1.807) is 37.0 Å². The van der Waals surface area contributed by atoms with Crippen LogP contribution in [-0.2, 0) is 4.79 Å². The quantitative estimate of drug-likeness (QED) is 0.771. The number of para-hydroxylation sites is 1. The number of thiazole rings is 1. The molecule has 0 bridgehead atoms. The molecule has 0 spiro atoms. The van der Waals surface area contributed by atoms with E-state index in [2.05, 4.69) is 15.4 Å². The molecule has 0 radical (unpaired) electrons. The molecule has 0 aliphatic rings. The van der Waals surface area contributed by atoms with Crippen LogP contribution in [0.2, 0.25) is 0 Å². The molecule has 1 amide bonds. The molecule has 24 heavy (non-hydrogen) atoms. The third-order valence-electron chi connectivity index (χ3n) is 3.33. The highest BCUT2D eigenvalue weighted by molar-refractivity contribution is 7.15. The number of ether oxygens (including phenoxy) is 1. The summed E-state index contributed by atoms with van der Waals surface area (Å²) in [7, 11) is 0. The van der Waals surface area contributed by atoms with E-state index in [1.807, 2.05) is 37.3 Å². The van der Waals surface area contributed by atoms with E-state index in [0.29, 0.717) is 11.0 Å². The molecule has 0 atom stereocenters. The number of carbonyl (C=O) groups excluding carboxylic acids is 1. The van der Waals surface area contributed by atoms with Gasteiger partial charge in [-0.2, -0.15) is 0 Å². The summed E-state index contributed by atoms with van der Waals surface area (Å²) in [5.74, 6) is 0.112. The summed E-state index contributed by atoms with van der Waals surface area (Å²) in [5.41, 5.74) is -0.150. The highest BCUT2D eigenvalue weighted by Gasteiger charge is 2.31. The lowest BCUT2D eigenvalue weighted by molar-refractivity contribution is -0.128. The number of benzene rings is 1. The van der Waals surface area contributed by atoms with Crippen LogP contribution in [0.4, 0.5) is 5.13 Å². The van der Waals surface area contributed by atoms with Crippen molar-refractivity contribution in [3.63, 3.8) is 0 Å². The van der Waals surface area contributed by atoms with E-state index < -0.39 is 5.60 Å². The molecule has 6 nitrogen and oxygen atoms in total. The maximum atomic E-state index is 12.4. The van der Waals surface area contributed by atoms with Gasteiger partial charge in [-0.25, -0.2) is 9.67 Å². The molecule has 1 aromatic carbocycles. The number of carbonyl (C=O) groups is 1. The molecule has 3 rings (SSSR count). The van der Waals surface area contributed by atoms with Crippen molar-refractivity contribution in [3.05, 3.63) is 53.7 Å². The Balaban J connectivity index is 1.70. The fraction of sp³-hybridized carbons (Fsp3) is 0.235. The summed E-state index contributed by atoms with van der Waals surface area (Å²) in [6.07, 6.45) is 3.51. The van der Waals surface area contributed by atoms with Gasteiger partial charge in [-0.1, -0.05) is 18.2 Å². The van der Waals surface area contributed by atoms with E-state index in [9.17, 15) is 4.79 Å². The van der Waals surface area contributed by atoms with Gasteiger partial charge in [-0.3, -0.25) is 10.1 Å². The molecule has 0 unspecified atom stereocenters. The third kappa shape index (κ3) is 3.62. The number of rotatable bonds is 5. The van der Waals surface area contributed by atoms with Crippen molar-refractivity contribution in [2.75, 3.05) is 5.32 Å². The monoisotopic (exact) mass is 342 g/mol. The topological polar surface area (TPSA) is 69.0 Å². The molecule has 0 saturated carbocycles. The highest BCUT2D eigenvalue weighted by atomic mass is 32.1. The van der Waals surface area contributed by atoms with E-state index in [4.69, 9.17) is 4.74 Å². The van der Waals surface area contributed by atoms with Gasteiger partial charge >= 0.3 is 0 Å². The Labute approximate surface area is 144 Å². The number of nitrogens with zero attached hydrogens (tertiary/aromatic N) is 3. The van der Waals surface area contributed by atoms with E-state index in [1.165, 1.54) is 11.3 Å². The minimum atomic E-state index is -1.07. The van der Waals surface area contributed by atoms with Gasteiger partial charge in [0.2, 0.25) is 5.88 Å². The van der Waals surface area contributed by atoms with Crippen LogP contribution in [0.1, 0.15) is 18.7 Å². The van der Waals surface area contributed by atoms with Crippen LogP contribution >= 0.6 is 11.3 Å². The second-order valence-electron chi connectivity index (χ2n) is 5.78. The first-order valence-electron chi connectivity index (χ1n) is 7.48. The molecule has 3 aromatic rings. The second kappa shape index (κ2) is 6.45. The fourth-order valence-corrected chi connectivity index (χ4v) is 2.71. The zero-order valence-corrected chi connectivity index (χ0v) is 14.5. The summed E-state index contributed by atoms with van der Waals surface area (Å²) in [4.78, 5) is 17.6. The largest absolute Gasteiger partial charge is 0.460 e. The van der Waals surface area contributed by atoms with Gasteiger partial charge in [0.1, 0.15) is 0 Å². The van der Waals surface area contributed by atoms with Crippen LogP contribution < -0.4 is 10.1 Å². The summed E-state index contributed by atoms with van der Waals surface area (Å²) in [6.45, 7) is 5.33. The van der Waals surface area contributed by atoms with Gasteiger partial charge in [-0.05, 0) is 32.9 Å². The third-order valence-corrected chi connectivity index (χ3v) is 4.16. The Bertz CT molecular complexity index is 839. The smallest absolute Gasteiger partial charge is 0.269 e. The lowest BCUT2D eigenvalue weighted by atomic mass is 10.1. The zero-order chi connectivity index (χ0) is 17.2. The fourth-order valence-electron chi connectivity index (χ4n) is 2.05. The number of aromatic nitrogens is 3. The number of aryl methyl sites for hydroxylation is 1. The first-order chi connectivity index (χ1) is 11.4. The zero-order valence-electron chi connectivity index (χ0n) is 13.7. The Morgan fingerprint density at radius 3 is 2.67 bits per heavy atom. The van der Waals surface area contributed by atoms with Gasteiger partial charge in [0, 0.05) is 23.3 Å². The van der Waals surface area contributed by atoms with Gasteiger partial charge in [0.25, 0.3) is 5.91 Å². The van der Waals surface area contributed by atoms with E-state index in [0.717, 1.165) is 10.6 Å². The maximum Gasteiger partial charge on any atom is 0.269 e. The van der Waals surface area contributed by atoms with Gasteiger partial charge in [0.15, 0.2) is 10.7 Å². The Kier molecular flexibility index (Phi) is 4.35. The number of hydrogen-bond donors (Lipinski definition) is 1. The molecule has 1 N–H and O–H groups in total. The van der Waals surface area contributed by atoms with E-state index in [-0.39, 0.29) is 5.91 Å². The molecule has 0 aliphatic heterocycles. The summed E-state index contributed by atoms with van der Waals surface area (Å²) >= 11 is 1.42. The second-order valence-corrected chi connectivity index (χ2v) is 7.01. The molecule has 124 valence electrons. The minimum Gasteiger partial charge on any atom is -0.460 e. The van der Waals surface area contributed by atoms with Gasteiger partial charge < -0.3 is 4.74 Å². The number of anilines is 1. The summed E-state index contributed by atoms with van der Waals surface area (Å²) in [5, 5.41) is 7.69. The molecular formula is C17H18N4O2S. The van der Waals surface area contributed by atoms with Crippen molar-refractivity contribution in [1.29, 1.82) is 0 Å². The van der Waals surface area contributed by atoms with Crippen LogP contribution in [0, 0.1) is 6.92 Å². The predicted octanol–water partition coefficient (Wildman–Crippen LogP) is 3.43. The first-order valence-corrected chi connectivity index (χ1v) is 8.30. The molecule has 7 heteroatoms. The number of amides is 1. The highest BCUT2D eigenvalue weighted by Crippen LogP contribution is 2.22. The van der Waals surface area contributed by atoms with Crippen LogP contribution in [0.5, 0.6) is 5.88 Å². The Hall–Kier alpha value is -2.67. The average molecular weight is 342 g/mol. The molecule has 0 aliphatic carbocycles. The van der Waals surface area contributed by atoms with Crippen molar-refractivity contribution in [3.8, 4) is 11.6 Å². The SMILES string of the molecule is Cc1cnc(NC(=O)C(C)(C)Oc2ccn(-c3ccccc3)n2)s1. The Morgan fingerprint density at radius 2 is 2.00 bits per heavy atom. The van der Waals surface area contributed by atoms with Crippen molar-refractivity contribution in [1.82, 2.24) is 14.8 Å². The van der Waals surface area contributed by atoms with Crippen molar-refractivity contribution in [2.24, 2.45) is 0 Å². The van der Waals surface area contributed by atoms with Gasteiger partial charge in [-0.15, -0.1) is 16.4 Å².